The van der Waals surface area contributed by atoms with Crippen molar-refractivity contribution in [2.24, 2.45) is 0 Å². The van der Waals surface area contributed by atoms with Gasteiger partial charge in [-0.15, -0.1) is 10.2 Å². The summed E-state index contributed by atoms with van der Waals surface area (Å²) in [5.74, 6) is -0.904. The number of thioether (sulfide) groups is 1. The first-order valence-corrected chi connectivity index (χ1v) is 11.3. The molecular weight excluding hydrogens is 458 g/mol. The van der Waals surface area contributed by atoms with Gasteiger partial charge in [0.1, 0.15) is 11.6 Å². The van der Waals surface area contributed by atoms with E-state index in [0.29, 0.717) is 22.7 Å². The second-order valence-corrected chi connectivity index (χ2v) is 9.03. The maximum Gasteiger partial charge on any atom is 0.266 e. The molecule has 2 aromatic heterocycles. The van der Waals surface area contributed by atoms with Crippen molar-refractivity contribution < 1.29 is 13.2 Å². The Morgan fingerprint density at radius 2 is 1.76 bits per heavy atom. The summed E-state index contributed by atoms with van der Waals surface area (Å²) >= 11 is 1.17. The predicted molar refractivity (Wildman–Crippen MR) is 126 cm³/mol. The number of rotatable bonds is 5. The molecule has 0 spiro atoms. The molecule has 5 rings (SSSR count). The van der Waals surface area contributed by atoms with Gasteiger partial charge >= 0.3 is 0 Å². The van der Waals surface area contributed by atoms with Crippen molar-refractivity contribution in [1.29, 1.82) is 0 Å². The summed E-state index contributed by atoms with van der Waals surface area (Å²) in [6, 6.07) is 17.5. The van der Waals surface area contributed by atoms with Crippen molar-refractivity contribution in [3.8, 4) is 17.1 Å². The summed E-state index contributed by atoms with van der Waals surface area (Å²) in [5.41, 5.74) is 1.81. The quantitative estimate of drug-likeness (QED) is 0.233. The Balaban J connectivity index is 1.57. The van der Waals surface area contributed by atoms with E-state index >= 15 is 0 Å². The van der Waals surface area contributed by atoms with Crippen LogP contribution in [-0.2, 0) is 0 Å². The number of hydrogen-bond donors (Lipinski definition) is 0. The zero-order valence-corrected chi connectivity index (χ0v) is 19.0. The molecule has 1 unspecified atom stereocenters. The monoisotopic (exact) mass is 476 g/mol. The molecule has 2 heterocycles. The molecule has 6 nitrogen and oxygen atoms in total. The lowest BCUT2D eigenvalue weighted by Crippen LogP contribution is -2.23. The standard InChI is InChI=1S/C25H18F2N4O2S/c1-14-7-9-16(10-8-14)23-30-29-22(33-23)15(2)34-25-28-20-6-4-3-5-18(20)24(32)31(25)21-12-11-17(26)13-19(21)27/h3-13,15H,1-2H3. The van der Waals surface area contributed by atoms with Gasteiger partial charge in [0, 0.05) is 11.6 Å². The van der Waals surface area contributed by atoms with Gasteiger partial charge in [-0.25, -0.2) is 13.8 Å². The largest absolute Gasteiger partial charge is 0.419 e. The highest BCUT2D eigenvalue weighted by Gasteiger charge is 2.22. The van der Waals surface area contributed by atoms with E-state index in [1.807, 2.05) is 38.1 Å². The van der Waals surface area contributed by atoms with Crippen LogP contribution in [0.2, 0.25) is 0 Å². The predicted octanol–water partition coefficient (Wildman–Crippen LogP) is 5.88. The Kier molecular flexibility index (Phi) is 5.70. The molecule has 0 bridgehead atoms. The van der Waals surface area contributed by atoms with Gasteiger partial charge in [-0.3, -0.25) is 9.36 Å². The van der Waals surface area contributed by atoms with Gasteiger partial charge in [-0.2, -0.15) is 0 Å². The van der Waals surface area contributed by atoms with E-state index in [1.165, 1.54) is 17.8 Å². The van der Waals surface area contributed by atoms with Crippen LogP contribution in [0.1, 0.15) is 23.6 Å². The molecule has 0 radical (unpaired) electrons. The summed E-state index contributed by atoms with van der Waals surface area (Å²) in [7, 11) is 0. The highest BCUT2D eigenvalue weighted by Crippen LogP contribution is 2.35. The lowest BCUT2D eigenvalue weighted by Gasteiger charge is -2.15. The normalized spacial score (nSPS) is 12.2. The average Bonchev–Trinajstić information content (AvgIpc) is 3.31. The van der Waals surface area contributed by atoms with E-state index in [1.54, 1.807) is 24.3 Å². The minimum Gasteiger partial charge on any atom is -0.419 e. The number of aryl methyl sites for hydroxylation is 1. The second kappa shape index (κ2) is 8.83. The van der Waals surface area contributed by atoms with Crippen molar-refractivity contribution in [2.45, 2.75) is 24.3 Å². The van der Waals surface area contributed by atoms with Crippen LogP contribution in [-0.4, -0.2) is 19.7 Å². The van der Waals surface area contributed by atoms with Gasteiger partial charge in [0.15, 0.2) is 5.16 Å². The molecule has 9 heteroatoms. The molecule has 0 aliphatic carbocycles. The molecule has 34 heavy (non-hydrogen) atoms. The zero-order chi connectivity index (χ0) is 23.8. The molecule has 3 aromatic carbocycles. The first-order valence-electron chi connectivity index (χ1n) is 10.4. The number of fused-ring (bicyclic) bond motifs is 1. The SMILES string of the molecule is Cc1ccc(-c2nnc(C(C)Sc3nc4ccccc4c(=O)n3-c3ccc(F)cc3F)o2)cc1. The van der Waals surface area contributed by atoms with Gasteiger partial charge in [0.25, 0.3) is 5.56 Å². The molecule has 0 aliphatic heterocycles. The Labute approximate surface area is 197 Å². The van der Waals surface area contributed by atoms with Gasteiger partial charge in [-0.1, -0.05) is 41.6 Å². The molecule has 0 saturated heterocycles. The molecule has 170 valence electrons. The molecule has 1 atom stereocenters. The minimum atomic E-state index is -0.867. The van der Waals surface area contributed by atoms with Crippen LogP contribution in [0.4, 0.5) is 8.78 Å². The third-order valence-corrected chi connectivity index (χ3v) is 6.30. The Hall–Kier alpha value is -3.85. The van der Waals surface area contributed by atoms with E-state index in [-0.39, 0.29) is 10.8 Å². The number of para-hydroxylation sites is 1. The molecule has 0 amide bonds. The lowest BCUT2D eigenvalue weighted by molar-refractivity contribution is 0.508. The number of hydrogen-bond acceptors (Lipinski definition) is 6. The summed E-state index contributed by atoms with van der Waals surface area (Å²) < 4.78 is 35.2. The van der Waals surface area contributed by atoms with Crippen molar-refractivity contribution in [1.82, 2.24) is 19.7 Å². The van der Waals surface area contributed by atoms with Gasteiger partial charge in [0.2, 0.25) is 11.8 Å². The van der Waals surface area contributed by atoms with Crippen molar-refractivity contribution in [3.05, 3.63) is 100 Å². The number of nitrogens with zero attached hydrogens (tertiary/aromatic N) is 4. The Bertz CT molecular complexity index is 1560. The smallest absolute Gasteiger partial charge is 0.266 e. The Morgan fingerprint density at radius 1 is 1.00 bits per heavy atom. The second-order valence-electron chi connectivity index (χ2n) is 7.72. The van der Waals surface area contributed by atoms with Crippen LogP contribution in [0.5, 0.6) is 0 Å². The molecule has 0 fully saturated rings. The van der Waals surface area contributed by atoms with Crippen molar-refractivity contribution in [3.63, 3.8) is 0 Å². The highest BCUT2D eigenvalue weighted by molar-refractivity contribution is 7.99. The first kappa shape index (κ1) is 22.0. The third-order valence-electron chi connectivity index (χ3n) is 5.26. The van der Waals surface area contributed by atoms with Crippen molar-refractivity contribution >= 4 is 22.7 Å². The topological polar surface area (TPSA) is 73.8 Å². The van der Waals surface area contributed by atoms with Crippen LogP contribution in [0.3, 0.4) is 0 Å². The highest BCUT2D eigenvalue weighted by atomic mass is 32.2. The van der Waals surface area contributed by atoms with Crippen molar-refractivity contribution in [2.75, 3.05) is 0 Å². The number of aromatic nitrogens is 4. The van der Waals surface area contributed by atoms with E-state index < -0.39 is 22.4 Å². The summed E-state index contributed by atoms with van der Waals surface area (Å²) in [4.78, 5) is 17.9. The minimum absolute atomic E-state index is 0.0924. The van der Waals surface area contributed by atoms with E-state index in [0.717, 1.165) is 27.8 Å². The summed E-state index contributed by atoms with van der Waals surface area (Å²) in [6.07, 6.45) is 0. The Morgan fingerprint density at radius 3 is 2.53 bits per heavy atom. The van der Waals surface area contributed by atoms with Gasteiger partial charge in [-0.05, 0) is 50.2 Å². The maximum atomic E-state index is 14.7. The van der Waals surface area contributed by atoms with Crippen LogP contribution in [0, 0.1) is 18.6 Å². The van der Waals surface area contributed by atoms with E-state index in [2.05, 4.69) is 15.2 Å². The van der Waals surface area contributed by atoms with Crippen LogP contribution in [0.15, 0.2) is 81.1 Å². The van der Waals surface area contributed by atoms with Crippen LogP contribution in [0.25, 0.3) is 28.0 Å². The van der Waals surface area contributed by atoms with Gasteiger partial charge in [0.05, 0.1) is 21.8 Å². The number of benzene rings is 3. The number of halogens is 2. The fourth-order valence-electron chi connectivity index (χ4n) is 3.49. The third kappa shape index (κ3) is 4.10. The maximum absolute atomic E-state index is 14.7. The molecule has 5 aromatic rings. The molecule has 0 aliphatic rings. The van der Waals surface area contributed by atoms with Crippen LogP contribution < -0.4 is 5.56 Å². The van der Waals surface area contributed by atoms with Crippen LogP contribution >= 0.6 is 11.8 Å². The fraction of sp³-hybridized carbons (Fsp3) is 0.120. The summed E-state index contributed by atoms with van der Waals surface area (Å²) in [5, 5.41) is 8.41. The fourth-order valence-corrected chi connectivity index (χ4v) is 4.44. The average molecular weight is 477 g/mol. The molecule has 0 saturated carbocycles. The first-order chi connectivity index (χ1) is 16.4. The van der Waals surface area contributed by atoms with E-state index in [4.69, 9.17) is 4.42 Å². The lowest BCUT2D eigenvalue weighted by atomic mass is 10.1. The van der Waals surface area contributed by atoms with Gasteiger partial charge < -0.3 is 4.42 Å². The van der Waals surface area contributed by atoms with E-state index in [9.17, 15) is 13.6 Å². The zero-order valence-electron chi connectivity index (χ0n) is 18.2. The molecule has 0 N–H and O–H groups in total. The molecular formula is C25H18F2N4O2S. The summed E-state index contributed by atoms with van der Waals surface area (Å²) in [6.45, 7) is 3.81.